The van der Waals surface area contributed by atoms with Gasteiger partial charge in [0.25, 0.3) is 0 Å². The number of benzene rings is 3. The molecule has 0 saturated carbocycles. The molecule has 3 aromatic carbocycles. The van der Waals surface area contributed by atoms with Crippen molar-refractivity contribution < 1.29 is 0 Å². The first-order valence-electron chi connectivity index (χ1n) is 14.5. The molecule has 38 heavy (non-hydrogen) atoms. The molecular weight excluding hydrogens is 569 g/mol. The Morgan fingerprint density at radius 1 is 0.289 bits per heavy atom. The van der Waals surface area contributed by atoms with Crippen molar-refractivity contribution in [1.29, 1.82) is 0 Å². The number of rotatable bonds is 9. The van der Waals surface area contributed by atoms with Gasteiger partial charge in [-0.15, -0.1) is 0 Å². The van der Waals surface area contributed by atoms with E-state index in [1.54, 1.807) is 15.6 Å². The predicted octanol–water partition coefficient (Wildman–Crippen LogP) is 7.51. The molecule has 0 saturated heterocycles. The third kappa shape index (κ3) is 4.54. The van der Waals surface area contributed by atoms with Gasteiger partial charge in [0.15, 0.2) is 0 Å². The van der Waals surface area contributed by atoms with Gasteiger partial charge < -0.3 is 0 Å². The van der Waals surface area contributed by atoms with Crippen molar-refractivity contribution in [2.45, 2.75) is 85.1 Å². The normalized spacial score (nSPS) is 14.4. The van der Waals surface area contributed by atoms with Crippen LogP contribution in [0.3, 0.4) is 0 Å². The summed E-state index contributed by atoms with van der Waals surface area (Å²) in [6.45, 7) is 35.5. The summed E-state index contributed by atoms with van der Waals surface area (Å²) in [5.74, 6) is 0. The molecule has 0 aliphatic carbocycles. The summed E-state index contributed by atoms with van der Waals surface area (Å²) in [7, 11) is -10.3. The van der Waals surface area contributed by atoms with Gasteiger partial charge in [-0.1, -0.05) is 192 Å². The Kier molecular flexibility index (Phi) is 8.79. The molecule has 206 valence electrons. The van der Waals surface area contributed by atoms with Crippen LogP contribution < -0.4 is 15.6 Å². The van der Waals surface area contributed by atoms with Crippen molar-refractivity contribution in [2.24, 2.45) is 0 Å². The first-order chi connectivity index (χ1) is 17.3. The highest BCUT2D eigenvalue weighted by Gasteiger charge is 2.73. The molecule has 0 aliphatic heterocycles. The maximum absolute atomic E-state index is 3.05. The van der Waals surface area contributed by atoms with Crippen molar-refractivity contribution >= 4 is 66.3 Å². The van der Waals surface area contributed by atoms with Crippen LogP contribution in [0.5, 0.6) is 0 Å². The van der Waals surface area contributed by atoms with Gasteiger partial charge in [0.1, 0.15) is 0 Å². The zero-order valence-corrected chi connectivity index (χ0v) is 33.7. The maximum atomic E-state index is 3.05. The van der Waals surface area contributed by atoms with E-state index in [4.69, 9.17) is 0 Å². The molecule has 0 fully saturated rings. The fourth-order valence-corrected chi connectivity index (χ4v) is 246. The summed E-state index contributed by atoms with van der Waals surface area (Å²) in [4.78, 5) is 0. The third-order valence-corrected chi connectivity index (χ3v) is 166. The summed E-state index contributed by atoms with van der Waals surface area (Å²) >= 11 is 0. The maximum Gasteiger partial charge on any atom is 0.0708 e. The van der Waals surface area contributed by atoms with Gasteiger partial charge >= 0.3 is 0 Å². The second-order valence-corrected chi connectivity index (χ2v) is 90.2. The van der Waals surface area contributed by atoms with Crippen molar-refractivity contribution in [3.8, 4) is 0 Å². The largest absolute Gasteiger partial charge is 0.0752 e. The van der Waals surface area contributed by atoms with Crippen molar-refractivity contribution in [3.05, 3.63) is 91.0 Å². The Labute approximate surface area is 241 Å². The lowest BCUT2D eigenvalue weighted by atomic mass is 10.4. The molecule has 0 aromatic heterocycles. The molecule has 0 nitrogen and oxygen atoms in total. The molecule has 0 N–H and O–H groups in total. The van der Waals surface area contributed by atoms with Crippen LogP contribution in [0.4, 0.5) is 0 Å². The van der Waals surface area contributed by atoms with Gasteiger partial charge in [0.05, 0.1) is 22.8 Å². The Hall–Kier alpha value is -0.822. The minimum Gasteiger partial charge on any atom is -0.0752 e. The Balaban J connectivity index is 2.42. The molecule has 0 spiro atoms. The van der Waals surface area contributed by atoms with Gasteiger partial charge in [0, 0.05) is 28.0 Å². The monoisotopic (exact) mass is 622 g/mol. The van der Waals surface area contributed by atoms with Gasteiger partial charge in [-0.3, -0.25) is 0 Å². The van der Waals surface area contributed by atoms with Crippen LogP contribution in [-0.2, 0) is 0 Å². The third-order valence-electron chi connectivity index (χ3n) is 12.9. The molecule has 0 atom stereocenters. The second kappa shape index (κ2) is 10.5. The summed E-state index contributed by atoms with van der Waals surface area (Å²) < 4.78 is 0. The highest BCUT2D eigenvalue weighted by molar-refractivity contribution is 8.11. The van der Waals surface area contributed by atoms with Crippen LogP contribution in [0.1, 0.15) is 0 Å². The van der Waals surface area contributed by atoms with E-state index in [1.165, 1.54) is 0 Å². The highest BCUT2D eigenvalue weighted by atomic mass is 30.2. The van der Waals surface area contributed by atoms with Crippen LogP contribution in [0.2, 0.25) is 85.1 Å². The lowest BCUT2D eigenvalue weighted by Gasteiger charge is -2.68. The van der Waals surface area contributed by atoms with E-state index >= 15 is 0 Å². The fraction of sp³-hybridized carbons (Fsp3) is 0.419. The van der Waals surface area contributed by atoms with Crippen LogP contribution in [0, 0.1) is 0 Å². The average Bonchev–Trinajstić information content (AvgIpc) is 2.89. The van der Waals surface area contributed by atoms with Crippen LogP contribution in [0.15, 0.2) is 91.0 Å². The van der Waals surface area contributed by atoms with Gasteiger partial charge in [-0.05, 0) is 0 Å². The molecule has 3 rings (SSSR count). The molecule has 0 amide bonds. The first kappa shape index (κ1) is 31.7. The Morgan fingerprint density at radius 2 is 0.474 bits per heavy atom. The van der Waals surface area contributed by atoms with Crippen molar-refractivity contribution in [3.63, 3.8) is 0 Å². The second-order valence-electron chi connectivity index (χ2n) is 15.0. The fourth-order valence-electron chi connectivity index (χ4n) is 7.87. The summed E-state index contributed by atoms with van der Waals surface area (Å²) in [6.07, 6.45) is 0. The minimum absolute atomic E-state index is 1.71. The molecule has 0 radical (unpaired) electrons. The molecular formula is C31H54Si7. The topological polar surface area (TPSA) is 0 Å². The summed E-state index contributed by atoms with van der Waals surface area (Å²) in [6, 6.07) is 35.5. The zero-order chi connectivity index (χ0) is 28.8. The quantitative estimate of drug-likeness (QED) is 0.217. The van der Waals surface area contributed by atoms with Crippen molar-refractivity contribution in [2.75, 3.05) is 0 Å². The highest BCUT2D eigenvalue weighted by Crippen LogP contribution is 2.46. The lowest BCUT2D eigenvalue weighted by molar-refractivity contribution is 1.69. The molecule has 0 bridgehead atoms. The summed E-state index contributed by atoms with van der Waals surface area (Å²) in [5, 5.41) is 5.13. The van der Waals surface area contributed by atoms with E-state index in [1.807, 2.05) is 0 Å². The Morgan fingerprint density at radius 3 is 0.658 bits per heavy atom. The van der Waals surface area contributed by atoms with Crippen LogP contribution in [-0.4, -0.2) is 50.7 Å². The SMILES string of the molecule is C[Si](C)(c1ccccc1)[Si](C)(C)[Si](C)([Si](C)(C)[Si](C)(C)c1ccccc1)[Si](C)(C)[Si](C)(C)c1ccccc1. The van der Waals surface area contributed by atoms with Gasteiger partial charge in [-0.2, -0.15) is 0 Å². The van der Waals surface area contributed by atoms with E-state index in [-0.39, 0.29) is 0 Å². The summed E-state index contributed by atoms with van der Waals surface area (Å²) in [5.41, 5.74) is 0. The van der Waals surface area contributed by atoms with Crippen molar-refractivity contribution in [1.82, 2.24) is 0 Å². The standard InChI is InChI=1S/C31H54Si7/c1-32(2,29-23-17-14-18-24-29)35(7,8)38(13,36(9,10)33(3,4)30-25-19-15-20-26-30)37(11,12)34(5,6)31-27-21-16-22-28-31/h14-28H,1-13H3. The van der Waals surface area contributed by atoms with Gasteiger partial charge in [0.2, 0.25) is 0 Å². The molecule has 7 heteroatoms. The predicted molar refractivity (Wildman–Crippen MR) is 195 cm³/mol. The number of hydrogen-bond donors (Lipinski definition) is 0. The molecule has 0 unspecified atom stereocenters. The minimum atomic E-state index is -1.79. The van der Waals surface area contributed by atoms with Crippen LogP contribution >= 0.6 is 0 Å². The van der Waals surface area contributed by atoms with E-state index in [9.17, 15) is 0 Å². The smallest absolute Gasteiger partial charge is 0.0708 e. The van der Waals surface area contributed by atoms with E-state index in [0.29, 0.717) is 0 Å². The Bertz CT molecular complexity index is 1060. The number of hydrogen-bond acceptors (Lipinski definition) is 0. The molecule has 0 heterocycles. The van der Waals surface area contributed by atoms with Gasteiger partial charge in [-0.25, -0.2) is 0 Å². The van der Waals surface area contributed by atoms with E-state index < -0.39 is 50.7 Å². The molecule has 3 aromatic rings. The first-order valence-corrected chi connectivity index (χ1v) is 41.0. The average molecular weight is 623 g/mol. The van der Waals surface area contributed by atoms with E-state index in [2.05, 4.69) is 176 Å². The lowest BCUT2D eigenvalue weighted by Crippen LogP contribution is -2.99. The zero-order valence-electron chi connectivity index (χ0n) is 26.7. The van der Waals surface area contributed by atoms with E-state index in [0.717, 1.165) is 0 Å². The van der Waals surface area contributed by atoms with Crippen LogP contribution in [0.25, 0.3) is 0 Å². The molecule has 0 aliphatic rings.